The Morgan fingerprint density at radius 3 is 1.25 bits per heavy atom. The van der Waals surface area contributed by atoms with Gasteiger partial charge in [-0.3, -0.25) is 0 Å². The molecular weight excluding hydrogens is 388 g/mol. The van der Waals surface area contributed by atoms with Crippen LogP contribution in [0.5, 0.6) is 0 Å². The van der Waals surface area contributed by atoms with E-state index in [9.17, 15) is 3.56 Å². The number of hydrogen-bond donors (Lipinski definition) is 0. The van der Waals surface area contributed by atoms with Crippen molar-refractivity contribution >= 4 is 65.3 Å². The monoisotopic (exact) mass is 389 g/mol. The van der Waals surface area contributed by atoms with Crippen LogP contribution in [0.25, 0.3) is 0 Å². The molecule has 0 aromatic heterocycles. The summed E-state index contributed by atoms with van der Waals surface area (Å²) in [6, 6.07) is 0. The maximum Gasteiger partial charge on any atom is 2.00 e. The van der Waals surface area contributed by atoms with Gasteiger partial charge in [-0.2, -0.15) is 3.56 Å². The summed E-state index contributed by atoms with van der Waals surface area (Å²) in [6.07, 6.45) is 0. The van der Waals surface area contributed by atoms with Gasteiger partial charge in [-0.05, 0) is 0 Å². The van der Waals surface area contributed by atoms with Crippen LogP contribution >= 0.6 is 16.4 Å². The Hall–Kier alpha value is 3.57. The zero-order valence-corrected chi connectivity index (χ0v) is 10.3. The Bertz CT molecular complexity index is 8.00. The molecule has 0 aliphatic rings. The summed E-state index contributed by atoms with van der Waals surface area (Å²) in [4.78, 5) is 0. The van der Waals surface area contributed by atoms with Crippen LogP contribution in [0.3, 0.4) is 0 Å². The van der Waals surface area contributed by atoms with E-state index in [1.165, 1.54) is 16.4 Å². The van der Waals surface area contributed by atoms with E-state index >= 15 is 0 Å². The van der Waals surface area contributed by atoms with Crippen LogP contribution < -0.4 is 0 Å². The molecule has 0 rings (SSSR count). The van der Waals surface area contributed by atoms with E-state index in [1.54, 1.807) is 0 Å². The Kier molecular flexibility index (Phi) is 62.6. The van der Waals surface area contributed by atoms with Crippen molar-refractivity contribution in [2.45, 2.75) is 0 Å². The fraction of sp³-hybridized carbons (Fsp3) is 0. The first-order valence-corrected chi connectivity index (χ1v) is 0.742. The number of rotatable bonds is 0. The van der Waals surface area contributed by atoms with Crippen LogP contribution in [0.15, 0.2) is 0 Å². The Morgan fingerprint density at radius 1 is 1.25 bits per heavy atom. The van der Waals surface area contributed by atoms with Crippen molar-refractivity contribution in [2.75, 3.05) is 0 Å². The zero-order chi connectivity index (χ0) is 2.00. The molecule has 0 unspecified atom stereocenters. The maximum atomic E-state index is 9.31. The SMILES string of the molecule is FBr.[Ba+2].[Eu+2]. The van der Waals surface area contributed by atoms with E-state index in [-0.39, 0.29) is 98.3 Å². The molecule has 0 aromatic carbocycles. The third kappa shape index (κ3) is 9.13. The van der Waals surface area contributed by atoms with E-state index in [0.29, 0.717) is 0 Å². The molecule has 0 aliphatic carbocycles. The van der Waals surface area contributed by atoms with Crippen LogP contribution in [-0.4, -0.2) is 48.9 Å². The van der Waals surface area contributed by atoms with Gasteiger partial charge in [0.05, 0.1) is 0 Å². The quantitative estimate of drug-likeness (QED) is 0.541. The van der Waals surface area contributed by atoms with Gasteiger partial charge in [-0.1, -0.05) is 0 Å². The van der Waals surface area contributed by atoms with Crippen molar-refractivity contribution in [3.05, 3.63) is 0 Å². The normalized spacial score (nSPS) is 1.50. The fourth-order valence-electron chi connectivity index (χ4n) is 0. The predicted octanol–water partition coefficient (Wildman–Crippen LogP) is 0.885. The van der Waals surface area contributed by atoms with Crippen LogP contribution in [0, 0.1) is 49.4 Å². The van der Waals surface area contributed by atoms with Crippen molar-refractivity contribution in [1.29, 1.82) is 0 Å². The van der Waals surface area contributed by atoms with Crippen LogP contribution in [-0.2, 0) is 0 Å². The molecule has 4 heavy (non-hydrogen) atoms. The molecule has 19 valence electrons. The molecule has 0 aliphatic heterocycles. The molecule has 4 heteroatoms. The maximum absolute atomic E-state index is 9.31. The first-order valence-electron chi connectivity index (χ1n) is 0.143. The van der Waals surface area contributed by atoms with Gasteiger partial charge in [0.1, 0.15) is 0 Å². The molecule has 1 radical (unpaired) electrons. The molecule has 0 nitrogen and oxygen atoms in total. The van der Waals surface area contributed by atoms with Gasteiger partial charge in [-0.25, -0.2) is 0 Å². The van der Waals surface area contributed by atoms with E-state index < -0.39 is 0 Å². The minimum Gasteiger partial charge on any atom is -0.158 e. The van der Waals surface area contributed by atoms with Crippen molar-refractivity contribution in [3.8, 4) is 0 Å². The molecule has 0 saturated carbocycles. The van der Waals surface area contributed by atoms with Gasteiger partial charge in [0.2, 0.25) is 0 Å². The first-order chi connectivity index (χ1) is 1.00. The Morgan fingerprint density at radius 2 is 1.25 bits per heavy atom. The second-order valence-corrected chi connectivity index (χ2v) is 0. The molecule has 0 fully saturated rings. The number of hydrogen-bond acceptors (Lipinski definition) is 0. The average Bonchev–Trinajstić information content (AvgIpc) is 1.00. The van der Waals surface area contributed by atoms with E-state index in [4.69, 9.17) is 0 Å². The van der Waals surface area contributed by atoms with Gasteiger partial charge < -0.3 is 0 Å². The van der Waals surface area contributed by atoms with Crippen molar-refractivity contribution in [1.82, 2.24) is 0 Å². The topological polar surface area (TPSA) is 0 Å². The standard InChI is InChI=1S/Ba.BrF.Eu/c;1-2;/q+2;;+2. The zero-order valence-electron chi connectivity index (χ0n) is 1.84. The Balaban J connectivity index is -0.00000000500. The van der Waals surface area contributed by atoms with Gasteiger partial charge in [0.15, 0.2) is 16.4 Å². The summed E-state index contributed by atoms with van der Waals surface area (Å²) in [7, 11) is 0. The largest absolute Gasteiger partial charge is 2.00 e. The molecule has 0 bridgehead atoms. The molecule has 0 aromatic rings. The van der Waals surface area contributed by atoms with E-state index in [1.807, 2.05) is 0 Å². The molecular formula is BaBrEuF+4. The van der Waals surface area contributed by atoms with Gasteiger partial charge in [0.25, 0.3) is 0 Å². The van der Waals surface area contributed by atoms with E-state index in [2.05, 4.69) is 0 Å². The smallest absolute Gasteiger partial charge is 0.158 e. The molecule has 0 spiro atoms. The van der Waals surface area contributed by atoms with Crippen molar-refractivity contribution < 1.29 is 52.9 Å². The number of halogens is 2. The minimum atomic E-state index is 0. The molecule has 0 atom stereocenters. The molecule has 0 amide bonds. The average molecular weight is 388 g/mol. The summed E-state index contributed by atoms with van der Waals surface area (Å²) < 4.78 is 9.31. The van der Waals surface area contributed by atoms with Gasteiger partial charge in [-0.15, -0.1) is 0 Å². The fourth-order valence-corrected chi connectivity index (χ4v) is 0. The van der Waals surface area contributed by atoms with E-state index in [0.717, 1.165) is 0 Å². The summed E-state index contributed by atoms with van der Waals surface area (Å²) in [5.74, 6) is 0. The van der Waals surface area contributed by atoms with Crippen LogP contribution in [0.4, 0.5) is 3.56 Å². The van der Waals surface area contributed by atoms with Crippen molar-refractivity contribution in [2.24, 2.45) is 0 Å². The second kappa shape index (κ2) is 16.0. The third-order valence-electron chi connectivity index (χ3n) is 0. The summed E-state index contributed by atoms with van der Waals surface area (Å²) in [6.45, 7) is 0. The summed E-state index contributed by atoms with van der Waals surface area (Å²) in [5, 5.41) is 0. The van der Waals surface area contributed by atoms with Crippen LogP contribution in [0.1, 0.15) is 0 Å². The summed E-state index contributed by atoms with van der Waals surface area (Å²) in [5.41, 5.74) is 0. The third-order valence-corrected chi connectivity index (χ3v) is 0. The minimum absolute atomic E-state index is 0. The molecule has 0 heterocycles. The molecule has 0 N–H and O–H groups in total. The Labute approximate surface area is 114 Å². The van der Waals surface area contributed by atoms with Crippen LogP contribution in [0.2, 0.25) is 0 Å². The molecule has 0 saturated heterocycles. The summed E-state index contributed by atoms with van der Waals surface area (Å²) >= 11 is 1.44. The first kappa shape index (κ1) is 15.6. The van der Waals surface area contributed by atoms with Gasteiger partial charge >= 0.3 is 98.3 Å². The van der Waals surface area contributed by atoms with Crippen molar-refractivity contribution in [3.63, 3.8) is 0 Å². The second-order valence-electron chi connectivity index (χ2n) is 0. The van der Waals surface area contributed by atoms with Gasteiger partial charge in [0, 0.05) is 0 Å². The predicted molar refractivity (Wildman–Crippen MR) is 15.8 cm³/mol.